The molecule has 0 fully saturated rings. The fraction of sp³-hybridized carbons (Fsp3) is 0.133. The molecule has 0 radical (unpaired) electrons. The molecule has 0 saturated heterocycles. The molecule has 19 heavy (non-hydrogen) atoms. The Morgan fingerprint density at radius 3 is 2.58 bits per heavy atom. The molecule has 2 aromatic carbocycles. The molecule has 0 bridgehead atoms. The Morgan fingerprint density at radius 2 is 1.89 bits per heavy atom. The molecular weight excluding hydrogens is 280 g/mol. The Kier molecular flexibility index (Phi) is 4.17. The number of rotatable bonds is 3. The molecule has 0 spiro atoms. The van der Waals surface area contributed by atoms with E-state index in [0.717, 1.165) is 16.0 Å². The number of carboxylic acids is 1. The fourth-order valence-corrected chi connectivity index (χ4v) is 3.20. The lowest BCUT2D eigenvalue weighted by Gasteiger charge is -2.10. The van der Waals surface area contributed by atoms with E-state index in [2.05, 4.69) is 0 Å². The van der Waals surface area contributed by atoms with Gasteiger partial charge in [-0.15, -0.1) is 0 Å². The summed E-state index contributed by atoms with van der Waals surface area (Å²) in [6, 6.07) is 11.3. The van der Waals surface area contributed by atoms with Crippen LogP contribution in [0, 0.1) is 13.8 Å². The van der Waals surface area contributed by atoms with E-state index < -0.39 is 5.97 Å². The van der Waals surface area contributed by atoms with Gasteiger partial charge < -0.3 is 5.11 Å². The van der Waals surface area contributed by atoms with Crippen LogP contribution in [0.25, 0.3) is 0 Å². The predicted octanol–water partition coefficient (Wildman–Crippen LogP) is 4.81. The summed E-state index contributed by atoms with van der Waals surface area (Å²) in [4.78, 5) is 13.0. The summed E-state index contributed by atoms with van der Waals surface area (Å²) < 4.78 is 0. The normalized spacial score (nSPS) is 10.5. The van der Waals surface area contributed by atoms with Gasteiger partial charge in [-0.2, -0.15) is 0 Å². The highest BCUT2D eigenvalue weighted by molar-refractivity contribution is 7.99. The number of benzene rings is 2. The van der Waals surface area contributed by atoms with Gasteiger partial charge in [-0.05, 0) is 43.2 Å². The average Bonchev–Trinajstić information content (AvgIpc) is 2.33. The molecular formula is C15H13ClO2S. The first kappa shape index (κ1) is 14.0. The van der Waals surface area contributed by atoms with Crippen LogP contribution in [-0.4, -0.2) is 11.1 Å². The van der Waals surface area contributed by atoms with E-state index in [1.165, 1.54) is 11.8 Å². The SMILES string of the molecule is Cc1ccc(C)c(Sc2cccc(Cl)c2C(=O)O)c1. The van der Waals surface area contributed by atoms with Gasteiger partial charge in [-0.25, -0.2) is 4.79 Å². The highest BCUT2D eigenvalue weighted by atomic mass is 35.5. The number of halogens is 1. The first-order valence-corrected chi connectivity index (χ1v) is 6.95. The summed E-state index contributed by atoms with van der Waals surface area (Å²) in [5.41, 5.74) is 2.42. The van der Waals surface area contributed by atoms with E-state index in [1.54, 1.807) is 18.2 Å². The zero-order valence-corrected chi connectivity index (χ0v) is 12.2. The van der Waals surface area contributed by atoms with E-state index in [-0.39, 0.29) is 10.6 Å². The summed E-state index contributed by atoms with van der Waals surface area (Å²) in [6.07, 6.45) is 0. The molecule has 0 aliphatic carbocycles. The van der Waals surface area contributed by atoms with Crippen molar-refractivity contribution < 1.29 is 9.90 Å². The monoisotopic (exact) mass is 292 g/mol. The maximum absolute atomic E-state index is 11.3. The van der Waals surface area contributed by atoms with Crippen molar-refractivity contribution in [2.75, 3.05) is 0 Å². The number of hydrogen-bond acceptors (Lipinski definition) is 2. The summed E-state index contributed by atoms with van der Waals surface area (Å²) in [6.45, 7) is 4.02. The van der Waals surface area contributed by atoms with Crippen molar-refractivity contribution in [3.63, 3.8) is 0 Å². The molecule has 0 aliphatic rings. The Morgan fingerprint density at radius 1 is 1.16 bits per heavy atom. The number of hydrogen-bond donors (Lipinski definition) is 1. The van der Waals surface area contributed by atoms with Gasteiger partial charge in [0.15, 0.2) is 0 Å². The molecule has 2 aromatic rings. The minimum Gasteiger partial charge on any atom is -0.478 e. The Hall–Kier alpha value is -1.45. The van der Waals surface area contributed by atoms with Gasteiger partial charge in [0.05, 0.1) is 10.6 Å². The molecule has 2 rings (SSSR count). The van der Waals surface area contributed by atoms with Crippen LogP contribution in [-0.2, 0) is 0 Å². The Labute approximate surface area is 121 Å². The largest absolute Gasteiger partial charge is 0.478 e. The van der Waals surface area contributed by atoms with Gasteiger partial charge in [0.2, 0.25) is 0 Å². The second-order valence-electron chi connectivity index (χ2n) is 4.29. The van der Waals surface area contributed by atoms with Crippen molar-refractivity contribution in [3.05, 3.63) is 58.1 Å². The molecule has 0 saturated carbocycles. The summed E-state index contributed by atoms with van der Waals surface area (Å²) in [5.74, 6) is -1.00. The quantitative estimate of drug-likeness (QED) is 0.882. The lowest BCUT2D eigenvalue weighted by atomic mass is 10.2. The van der Waals surface area contributed by atoms with E-state index in [4.69, 9.17) is 11.6 Å². The van der Waals surface area contributed by atoms with Crippen molar-refractivity contribution >= 4 is 29.3 Å². The molecule has 1 N–H and O–H groups in total. The number of carboxylic acid groups (broad SMARTS) is 1. The number of aromatic carboxylic acids is 1. The number of carbonyl (C=O) groups is 1. The highest BCUT2D eigenvalue weighted by Crippen LogP contribution is 2.35. The Bertz CT molecular complexity index is 638. The lowest BCUT2D eigenvalue weighted by molar-refractivity contribution is 0.0693. The van der Waals surface area contributed by atoms with Crippen LogP contribution in [0.4, 0.5) is 0 Å². The van der Waals surface area contributed by atoms with Crippen molar-refractivity contribution in [3.8, 4) is 0 Å². The third kappa shape index (κ3) is 3.11. The minimum atomic E-state index is -1.00. The van der Waals surface area contributed by atoms with Gasteiger partial charge in [0.1, 0.15) is 0 Å². The molecule has 98 valence electrons. The summed E-state index contributed by atoms with van der Waals surface area (Å²) in [7, 11) is 0. The fourth-order valence-electron chi connectivity index (χ4n) is 1.73. The lowest BCUT2D eigenvalue weighted by Crippen LogP contribution is -2.00. The first-order valence-electron chi connectivity index (χ1n) is 5.76. The molecule has 0 aliphatic heterocycles. The first-order chi connectivity index (χ1) is 8.99. The van der Waals surface area contributed by atoms with Gasteiger partial charge in [0.25, 0.3) is 0 Å². The van der Waals surface area contributed by atoms with Crippen LogP contribution < -0.4 is 0 Å². The molecule has 0 heterocycles. The molecule has 0 amide bonds. The smallest absolute Gasteiger partial charge is 0.338 e. The van der Waals surface area contributed by atoms with Gasteiger partial charge in [0, 0.05) is 9.79 Å². The van der Waals surface area contributed by atoms with Crippen LogP contribution in [0.15, 0.2) is 46.2 Å². The third-order valence-corrected chi connectivity index (χ3v) is 4.29. The minimum absolute atomic E-state index is 0.162. The topological polar surface area (TPSA) is 37.3 Å². The van der Waals surface area contributed by atoms with Gasteiger partial charge in [-0.3, -0.25) is 0 Å². The standard InChI is InChI=1S/C15H13ClO2S/c1-9-6-7-10(2)13(8-9)19-12-5-3-4-11(16)14(12)15(17)18/h3-8H,1-2H3,(H,17,18). The van der Waals surface area contributed by atoms with Crippen LogP contribution in [0.2, 0.25) is 5.02 Å². The maximum atomic E-state index is 11.3. The summed E-state index contributed by atoms with van der Waals surface area (Å²) in [5, 5.41) is 9.52. The molecule has 0 unspecified atom stereocenters. The molecule has 4 heteroatoms. The zero-order valence-electron chi connectivity index (χ0n) is 10.6. The summed E-state index contributed by atoms with van der Waals surface area (Å²) >= 11 is 7.40. The van der Waals surface area contributed by atoms with Crippen molar-refractivity contribution in [1.82, 2.24) is 0 Å². The van der Waals surface area contributed by atoms with Crippen LogP contribution in [0.5, 0.6) is 0 Å². The van der Waals surface area contributed by atoms with Crippen molar-refractivity contribution in [1.29, 1.82) is 0 Å². The van der Waals surface area contributed by atoms with E-state index in [1.807, 2.05) is 32.0 Å². The van der Waals surface area contributed by atoms with Crippen molar-refractivity contribution in [2.45, 2.75) is 23.6 Å². The maximum Gasteiger partial charge on any atom is 0.338 e. The molecule has 2 nitrogen and oxygen atoms in total. The zero-order chi connectivity index (χ0) is 14.0. The van der Waals surface area contributed by atoms with E-state index >= 15 is 0 Å². The molecule has 0 aromatic heterocycles. The second-order valence-corrected chi connectivity index (χ2v) is 5.78. The Balaban J connectivity index is 2.46. The van der Waals surface area contributed by atoms with Crippen molar-refractivity contribution in [2.24, 2.45) is 0 Å². The average molecular weight is 293 g/mol. The second kappa shape index (κ2) is 5.68. The third-order valence-electron chi connectivity index (χ3n) is 2.75. The highest BCUT2D eigenvalue weighted by Gasteiger charge is 2.15. The van der Waals surface area contributed by atoms with Crippen LogP contribution in [0.3, 0.4) is 0 Å². The van der Waals surface area contributed by atoms with Gasteiger partial charge >= 0.3 is 5.97 Å². The van der Waals surface area contributed by atoms with Gasteiger partial charge in [-0.1, -0.05) is 41.6 Å². The predicted molar refractivity (Wildman–Crippen MR) is 78.5 cm³/mol. The van der Waals surface area contributed by atoms with Crippen LogP contribution in [0.1, 0.15) is 21.5 Å². The van der Waals surface area contributed by atoms with Crippen LogP contribution >= 0.6 is 23.4 Å². The van der Waals surface area contributed by atoms with E-state index in [0.29, 0.717) is 4.90 Å². The number of aryl methyl sites for hydroxylation is 2. The van der Waals surface area contributed by atoms with E-state index in [9.17, 15) is 9.90 Å². The molecule has 0 atom stereocenters.